The summed E-state index contributed by atoms with van der Waals surface area (Å²) in [5.41, 5.74) is 1.50. The van der Waals surface area contributed by atoms with Crippen LogP contribution in [-0.4, -0.2) is 18.6 Å². The quantitative estimate of drug-likeness (QED) is 0.533. The van der Waals surface area contributed by atoms with E-state index in [-0.39, 0.29) is 0 Å². The Kier molecular flexibility index (Phi) is 6.02. The Hall–Kier alpha value is -0.530. The van der Waals surface area contributed by atoms with Crippen molar-refractivity contribution in [2.45, 2.75) is 50.5 Å². The maximum absolute atomic E-state index is 5.91. The number of rotatable bonds is 6. The lowest BCUT2D eigenvalue weighted by molar-refractivity contribution is 0.0233. The molecule has 1 nitrogen and oxygen atoms in total. The van der Waals surface area contributed by atoms with Gasteiger partial charge in [0.2, 0.25) is 0 Å². The first-order chi connectivity index (χ1) is 8.90. The highest BCUT2D eigenvalue weighted by Gasteiger charge is 2.22. The first-order valence-corrected chi connectivity index (χ1v) is 7.66. The molecule has 0 radical (unpaired) electrons. The molecule has 0 atom stereocenters. The second-order valence-corrected chi connectivity index (χ2v) is 5.53. The zero-order valence-corrected chi connectivity index (χ0v) is 11.7. The van der Waals surface area contributed by atoms with Crippen LogP contribution in [0.15, 0.2) is 30.3 Å². The molecule has 1 aliphatic carbocycles. The molecule has 0 bridgehead atoms. The molecule has 100 valence electrons. The molecule has 0 heterocycles. The molecule has 0 amide bonds. The van der Waals surface area contributed by atoms with Crippen LogP contribution in [0.5, 0.6) is 0 Å². The Morgan fingerprint density at radius 3 is 2.39 bits per heavy atom. The normalized spacial score (nSPS) is 24.1. The van der Waals surface area contributed by atoms with E-state index < -0.39 is 0 Å². The second-order valence-electron chi connectivity index (χ2n) is 5.15. The van der Waals surface area contributed by atoms with Crippen molar-refractivity contribution in [3.05, 3.63) is 35.9 Å². The lowest BCUT2D eigenvalue weighted by Crippen LogP contribution is -2.21. The average Bonchev–Trinajstić information content (AvgIpc) is 2.45. The standard InChI is InChI=1S/C16H23ClO/c17-12-4-5-13-18-16-10-8-15(9-11-16)14-6-2-1-3-7-14/h1-3,6-7,15-16H,4-5,8-13H2. The number of halogens is 1. The summed E-state index contributed by atoms with van der Waals surface area (Å²) in [5, 5.41) is 0. The van der Waals surface area contributed by atoms with Crippen molar-refractivity contribution in [3.63, 3.8) is 0 Å². The Morgan fingerprint density at radius 1 is 1.00 bits per heavy atom. The summed E-state index contributed by atoms with van der Waals surface area (Å²) >= 11 is 5.65. The van der Waals surface area contributed by atoms with Crippen LogP contribution < -0.4 is 0 Å². The summed E-state index contributed by atoms with van der Waals surface area (Å²) in [6.07, 6.45) is 7.61. The number of unbranched alkanes of at least 4 members (excludes halogenated alkanes) is 1. The molecule has 1 saturated carbocycles. The fourth-order valence-corrected chi connectivity index (χ4v) is 2.92. The minimum absolute atomic E-state index is 0.486. The van der Waals surface area contributed by atoms with Crippen LogP contribution in [-0.2, 0) is 4.74 Å². The summed E-state index contributed by atoms with van der Waals surface area (Å²) in [4.78, 5) is 0. The molecule has 1 aliphatic rings. The monoisotopic (exact) mass is 266 g/mol. The van der Waals surface area contributed by atoms with E-state index in [0.29, 0.717) is 6.10 Å². The highest BCUT2D eigenvalue weighted by Crippen LogP contribution is 2.33. The first kappa shape index (κ1) is 13.9. The first-order valence-electron chi connectivity index (χ1n) is 7.12. The van der Waals surface area contributed by atoms with Crippen molar-refractivity contribution in [1.29, 1.82) is 0 Å². The van der Waals surface area contributed by atoms with Crippen LogP contribution in [0.25, 0.3) is 0 Å². The molecule has 1 aromatic rings. The molecule has 0 unspecified atom stereocenters. The molecule has 18 heavy (non-hydrogen) atoms. The smallest absolute Gasteiger partial charge is 0.0575 e. The topological polar surface area (TPSA) is 9.23 Å². The van der Waals surface area contributed by atoms with E-state index in [0.717, 1.165) is 31.2 Å². The van der Waals surface area contributed by atoms with E-state index >= 15 is 0 Å². The van der Waals surface area contributed by atoms with Gasteiger partial charge in [0.15, 0.2) is 0 Å². The molecular formula is C16H23ClO. The minimum atomic E-state index is 0.486. The van der Waals surface area contributed by atoms with E-state index in [2.05, 4.69) is 30.3 Å². The van der Waals surface area contributed by atoms with Gasteiger partial charge in [-0.25, -0.2) is 0 Å². The predicted octanol–water partition coefficient (Wildman–Crippen LogP) is 4.75. The summed E-state index contributed by atoms with van der Waals surface area (Å²) in [6, 6.07) is 10.9. The highest BCUT2D eigenvalue weighted by molar-refractivity contribution is 6.17. The third kappa shape index (κ3) is 4.29. The molecule has 2 heteroatoms. The van der Waals surface area contributed by atoms with Gasteiger partial charge in [-0.15, -0.1) is 11.6 Å². The van der Waals surface area contributed by atoms with Gasteiger partial charge in [0, 0.05) is 12.5 Å². The number of benzene rings is 1. The van der Waals surface area contributed by atoms with E-state index in [9.17, 15) is 0 Å². The summed E-state index contributed by atoms with van der Waals surface area (Å²) < 4.78 is 5.91. The van der Waals surface area contributed by atoms with Crippen LogP contribution >= 0.6 is 11.6 Å². The lowest BCUT2D eigenvalue weighted by atomic mass is 9.83. The van der Waals surface area contributed by atoms with E-state index in [1.54, 1.807) is 0 Å². The number of hydrogen-bond acceptors (Lipinski definition) is 1. The molecule has 2 rings (SSSR count). The Labute approximate surface area is 115 Å². The lowest BCUT2D eigenvalue weighted by Gasteiger charge is -2.28. The third-order valence-corrected chi connectivity index (χ3v) is 4.09. The van der Waals surface area contributed by atoms with Gasteiger partial charge < -0.3 is 4.74 Å². The maximum atomic E-state index is 5.91. The van der Waals surface area contributed by atoms with Gasteiger partial charge in [-0.1, -0.05) is 30.3 Å². The zero-order valence-electron chi connectivity index (χ0n) is 11.0. The average molecular weight is 267 g/mol. The van der Waals surface area contributed by atoms with Gasteiger partial charge >= 0.3 is 0 Å². The molecule has 1 fully saturated rings. The van der Waals surface area contributed by atoms with Crippen LogP contribution in [0.4, 0.5) is 0 Å². The Bertz CT molecular complexity index is 317. The van der Waals surface area contributed by atoms with Crippen molar-refractivity contribution in [1.82, 2.24) is 0 Å². The number of ether oxygens (including phenoxy) is 1. The largest absolute Gasteiger partial charge is 0.378 e. The SMILES string of the molecule is ClCCCCOC1CCC(c2ccccc2)CC1. The van der Waals surface area contributed by atoms with Crippen LogP contribution in [0, 0.1) is 0 Å². The van der Waals surface area contributed by atoms with Crippen LogP contribution in [0.1, 0.15) is 50.0 Å². The minimum Gasteiger partial charge on any atom is -0.378 e. The fourth-order valence-electron chi connectivity index (χ4n) is 2.73. The fraction of sp³-hybridized carbons (Fsp3) is 0.625. The van der Waals surface area contributed by atoms with Gasteiger partial charge in [-0.2, -0.15) is 0 Å². The third-order valence-electron chi connectivity index (χ3n) is 3.83. The van der Waals surface area contributed by atoms with Crippen molar-refractivity contribution in [2.24, 2.45) is 0 Å². The van der Waals surface area contributed by atoms with Gasteiger partial charge in [0.25, 0.3) is 0 Å². The van der Waals surface area contributed by atoms with E-state index in [1.807, 2.05) is 0 Å². The maximum Gasteiger partial charge on any atom is 0.0575 e. The molecular weight excluding hydrogens is 244 g/mol. The van der Waals surface area contributed by atoms with Gasteiger partial charge in [0.1, 0.15) is 0 Å². The molecule has 0 N–H and O–H groups in total. The van der Waals surface area contributed by atoms with Gasteiger partial charge in [-0.3, -0.25) is 0 Å². The Balaban J connectivity index is 1.68. The zero-order chi connectivity index (χ0) is 12.6. The molecule has 0 aromatic heterocycles. The van der Waals surface area contributed by atoms with Crippen molar-refractivity contribution >= 4 is 11.6 Å². The summed E-state index contributed by atoms with van der Waals surface area (Å²) in [6.45, 7) is 0.882. The van der Waals surface area contributed by atoms with E-state index in [4.69, 9.17) is 16.3 Å². The van der Waals surface area contributed by atoms with Gasteiger partial charge in [-0.05, 0) is 50.0 Å². The van der Waals surface area contributed by atoms with Gasteiger partial charge in [0.05, 0.1) is 6.10 Å². The van der Waals surface area contributed by atoms with Crippen LogP contribution in [0.3, 0.4) is 0 Å². The Morgan fingerprint density at radius 2 is 1.72 bits per heavy atom. The van der Waals surface area contributed by atoms with Crippen molar-refractivity contribution < 1.29 is 4.74 Å². The molecule has 0 spiro atoms. The van der Waals surface area contributed by atoms with Crippen molar-refractivity contribution in [2.75, 3.05) is 12.5 Å². The van der Waals surface area contributed by atoms with E-state index in [1.165, 1.54) is 31.2 Å². The molecule has 0 aliphatic heterocycles. The molecule has 0 saturated heterocycles. The summed E-state index contributed by atoms with van der Waals surface area (Å²) in [7, 11) is 0. The van der Waals surface area contributed by atoms with Crippen LogP contribution in [0.2, 0.25) is 0 Å². The summed E-state index contributed by atoms with van der Waals surface area (Å²) in [5.74, 6) is 1.50. The number of hydrogen-bond donors (Lipinski definition) is 0. The number of alkyl halides is 1. The second kappa shape index (κ2) is 7.81. The highest BCUT2D eigenvalue weighted by atomic mass is 35.5. The molecule has 1 aromatic carbocycles. The predicted molar refractivity (Wildman–Crippen MR) is 77.3 cm³/mol. The van der Waals surface area contributed by atoms with Crippen molar-refractivity contribution in [3.8, 4) is 0 Å².